The van der Waals surface area contributed by atoms with Crippen LogP contribution in [0.15, 0.2) is 6.07 Å². The Hall–Kier alpha value is -1.65. The van der Waals surface area contributed by atoms with E-state index in [0.29, 0.717) is 0 Å². The Morgan fingerprint density at radius 2 is 1.94 bits per heavy atom. The third-order valence-electron chi connectivity index (χ3n) is 1.85. The maximum Gasteiger partial charge on any atom is 0.209 e. The standard InChI is InChI=1S/C11H12F2O3/c1-6(2)16-8-4-7(5-14)9(12)11(15-3)10(8)13/h4-6H,1-3H3. The van der Waals surface area contributed by atoms with Crippen LogP contribution in [0.2, 0.25) is 0 Å². The summed E-state index contributed by atoms with van der Waals surface area (Å²) < 4.78 is 36.7. The number of ether oxygens (including phenoxy) is 2. The van der Waals surface area contributed by atoms with Gasteiger partial charge in [0, 0.05) is 0 Å². The number of carbonyl (C=O) groups excluding carboxylic acids is 1. The number of rotatable bonds is 4. The van der Waals surface area contributed by atoms with Gasteiger partial charge in [0.2, 0.25) is 5.82 Å². The van der Waals surface area contributed by atoms with Crippen LogP contribution in [-0.2, 0) is 0 Å². The number of benzene rings is 1. The van der Waals surface area contributed by atoms with Gasteiger partial charge in [-0.1, -0.05) is 0 Å². The van der Waals surface area contributed by atoms with Gasteiger partial charge in [-0.3, -0.25) is 4.79 Å². The highest BCUT2D eigenvalue weighted by Gasteiger charge is 2.20. The van der Waals surface area contributed by atoms with E-state index in [4.69, 9.17) is 4.74 Å². The molecule has 0 aromatic heterocycles. The van der Waals surface area contributed by atoms with E-state index in [2.05, 4.69) is 4.74 Å². The van der Waals surface area contributed by atoms with Crippen molar-refractivity contribution >= 4 is 6.29 Å². The van der Waals surface area contributed by atoms with Crippen molar-refractivity contribution in [2.24, 2.45) is 0 Å². The van der Waals surface area contributed by atoms with Gasteiger partial charge in [0.1, 0.15) is 0 Å². The smallest absolute Gasteiger partial charge is 0.209 e. The number of hydrogen-bond donors (Lipinski definition) is 0. The zero-order valence-electron chi connectivity index (χ0n) is 9.21. The largest absolute Gasteiger partial charge is 0.491 e. The van der Waals surface area contributed by atoms with E-state index < -0.39 is 17.4 Å². The Bertz CT molecular complexity index is 403. The summed E-state index contributed by atoms with van der Waals surface area (Å²) in [4.78, 5) is 10.6. The normalized spacial score (nSPS) is 10.4. The number of aldehydes is 1. The molecule has 0 spiro atoms. The van der Waals surface area contributed by atoms with E-state index in [9.17, 15) is 13.6 Å². The van der Waals surface area contributed by atoms with Gasteiger partial charge in [-0.25, -0.2) is 4.39 Å². The van der Waals surface area contributed by atoms with Gasteiger partial charge in [-0.15, -0.1) is 0 Å². The van der Waals surface area contributed by atoms with Crippen molar-refractivity contribution in [2.75, 3.05) is 7.11 Å². The Kier molecular flexibility index (Phi) is 3.82. The summed E-state index contributed by atoms with van der Waals surface area (Å²) >= 11 is 0. The summed E-state index contributed by atoms with van der Waals surface area (Å²) in [6, 6.07) is 1.01. The van der Waals surface area contributed by atoms with Crippen LogP contribution in [0.1, 0.15) is 24.2 Å². The summed E-state index contributed by atoms with van der Waals surface area (Å²) in [6.45, 7) is 3.38. The highest BCUT2D eigenvalue weighted by atomic mass is 19.1. The molecule has 0 amide bonds. The minimum atomic E-state index is -1.02. The van der Waals surface area contributed by atoms with Crippen molar-refractivity contribution in [3.05, 3.63) is 23.3 Å². The molecule has 0 saturated heterocycles. The predicted octanol–water partition coefficient (Wildman–Crippen LogP) is 2.57. The lowest BCUT2D eigenvalue weighted by atomic mass is 10.2. The molecular weight excluding hydrogens is 218 g/mol. The third-order valence-corrected chi connectivity index (χ3v) is 1.85. The van der Waals surface area contributed by atoms with E-state index in [-0.39, 0.29) is 23.7 Å². The van der Waals surface area contributed by atoms with Crippen molar-refractivity contribution in [1.29, 1.82) is 0 Å². The summed E-state index contributed by atoms with van der Waals surface area (Å²) in [6.07, 6.45) is -0.00558. The van der Waals surface area contributed by atoms with Gasteiger partial charge in [0.15, 0.2) is 23.6 Å². The van der Waals surface area contributed by atoms with Gasteiger partial charge in [-0.05, 0) is 19.9 Å². The average molecular weight is 230 g/mol. The number of hydrogen-bond acceptors (Lipinski definition) is 3. The highest BCUT2D eigenvalue weighted by molar-refractivity contribution is 5.77. The molecule has 1 aromatic rings. The molecule has 0 heterocycles. The van der Waals surface area contributed by atoms with Gasteiger partial charge < -0.3 is 9.47 Å². The molecular formula is C11H12F2O3. The maximum absolute atomic E-state index is 13.6. The lowest BCUT2D eigenvalue weighted by molar-refractivity contribution is 0.111. The van der Waals surface area contributed by atoms with Crippen LogP contribution >= 0.6 is 0 Å². The van der Waals surface area contributed by atoms with Crippen LogP contribution in [0.25, 0.3) is 0 Å². The Morgan fingerprint density at radius 3 is 2.38 bits per heavy atom. The van der Waals surface area contributed by atoms with Crippen molar-refractivity contribution in [3.63, 3.8) is 0 Å². The Labute approximate surface area is 92.0 Å². The van der Waals surface area contributed by atoms with Crippen LogP contribution in [0.4, 0.5) is 8.78 Å². The first kappa shape index (κ1) is 12.4. The predicted molar refractivity (Wildman–Crippen MR) is 54.1 cm³/mol. The fourth-order valence-electron chi connectivity index (χ4n) is 1.21. The van der Waals surface area contributed by atoms with Crippen molar-refractivity contribution in [2.45, 2.75) is 20.0 Å². The molecule has 0 N–H and O–H groups in total. The lowest BCUT2D eigenvalue weighted by Crippen LogP contribution is -2.09. The van der Waals surface area contributed by atoms with E-state index in [1.807, 2.05) is 0 Å². The van der Waals surface area contributed by atoms with E-state index in [1.54, 1.807) is 13.8 Å². The topological polar surface area (TPSA) is 35.5 Å². The quantitative estimate of drug-likeness (QED) is 0.746. The van der Waals surface area contributed by atoms with E-state index in [1.165, 1.54) is 0 Å². The zero-order valence-corrected chi connectivity index (χ0v) is 9.21. The molecule has 0 aliphatic rings. The van der Waals surface area contributed by atoms with Crippen LogP contribution < -0.4 is 9.47 Å². The molecule has 0 atom stereocenters. The molecule has 0 fully saturated rings. The van der Waals surface area contributed by atoms with Gasteiger partial charge in [0.05, 0.1) is 18.8 Å². The molecule has 1 aromatic carbocycles. The fraction of sp³-hybridized carbons (Fsp3) is 0.364. The van der Waals surface area contributed by atoms with Gasteiger partial charge in [-0.2, -0.15) is 4.39 Å². The fourth-order valence-corrected chi connectivity index (χ4v) is 1.21. The molecule has 0 unspecified atom stereocenters. The van der Waals surface area contributed by atoms with Crippen molar-refractivity contribution in [1.82, 2.24) is 0 Å². The van der Waals surface area contributed by atoms with E-state index >= 15 is 0 Å². The summed E-state index contributed by atoms with van der Waals surface area (Å²) in [5.41, 5.74) is -0.297. The van der Waals surface area contributed by atoms with Crippen LogP contribution in [0.5, 0.6) is 11.5 Å². The van der Waals surface area contributed by atoms with Crippen LogP contribution in [-0.4, -0.2) is 19.5 Å². The monoisotopic (exact) mass is 230 g/mol. The summed E-state index contributed by atoms with van der Waals surface area (Å²) in [5.74, 6) is -2.78. The minimum Gasteiger partial charge on any atom is -0.491 e. The first-order valence-corrected chi connectivity index (χ1v) is 4.69. The Morgan fingerprint density at radius 1 is 1.31 bits per heavy atom. The van der Waals surface area contributed by atoms with E-state index in [0.717, 1.165) is 13.2 Å². The van der Waals surface area contributed by atoms with Gasteiger partial charge in [0.25, 0.3) is 0 Å². The van der Waals surface area contributed by atoms with Crippen LogP contribution in [0.3, 0.4) is 0 Å². The summed E-state index contributed by atoms with van der Waals surface area (Å²) in [5, 5.41) is 0. The average Bonchev–Trinajstić information content (AvgIpc) is 2.22. The molecule has 0 bridgehead atoms. The first-order valence-electron chi connectivity index (χ1n) is 4.69. The molecule has 0 aliphatic carbocycles. The molecule has 88 valence electrons. The molecule has 3 nitrogen and oxygen atoms in total. The maximum atomic E-state index is 13.6. The number of methoxy groups -OCH3 is 1. The zero-order chi connectivity index (χ0) is 12.3. The Balaban J connectivity index is 3.34. The summed E-state index contributed by atoms with van der Waals surface area (Å²) in [7, 11) is 1.12. The molecule has 0 aliphatic heterocycles. The molecule has 5 heteroatoms. The minimum absolute atomic E-state index is 0.199. The molecule has 0 saturated carbocycles. The molecule has 1 rings (SSSR count). The van der Waals surface area contributed by atoms with Gasteiger partial charge >= 0.3 is 0 Å². The van der Waals surface area contributed by atoms with Crippen molar-refractivity contribution < 1.29 is 23.0 Å². The number of halogens is 2. The third kappa shape index (κ3) is 2.29. The second-order valence-corrected chi connectivity index (χ2v) is 3.41. The molecule has 0 radical (unpaired) electrons. The second-order valence-electron chi connectivity index (χ2n) is 3.41. The van der Waals surface area contributed by atoms with Crippen LogP contribution in [0, 0.1) is 11.6 Å². The number of carbonyl (C=O) groups is 1. The molecule has 16 heavy (non-hydrogen) atoms. The van der Waals surface area contributed by atoms with Crippen molar-refractivity contribution in [3.8, 4) is 11.5 Å². The SMILES string of the molecule is COc1c(F)c(C=O)cc(OC(C)C)c1F. The lowest BCUT2D eigenvalue weighted by Gasteiger charge is -2.13. The highest BCUT2D eigenvalue weighted by Crippen LogP contribution is 2.32. The first-order chi connectivity index (χ1) is 7.51. The second kappa shape index (κ2) is 4.92.